The Morgan fingerprint density at radius 1 is 1.16 bits per heavy atom. The van der Waals surface area contributed by atoms with E-state index in [1.165, 1.54) is 0 Å². The van der Waals surface area contributed by atoms with E-state index in [-0.39, 0.29) is 18.6 Å². The van der Waals surface area contributed by atoms with Crippen LogP contribution in [0.15, 0.2) is 48.5 Å². The summed E-state index contributed by atoms with van der Waals surface area (Å²) < 4.78 is 10.9. The summed E-state index contributed by atoms with van der Waals surface area (Å²) in [5, 5.41) is 5.92. The summed E-state index contributed by atoms with van der Waals surface area (Å²) in [6.45, 7) is 5.46. The molecule has 0 saturated carbocycles. The van der Waals surface area contributed by atoms with Gasteiger partial charge in [0.05, 0.1) is 13.2 Å². The lowest BCUT2D eigenvalue weighted by Crippen LogP contribution is -2.30. The van der Waals surface area contributed by atoms with E-state index < -0.39 is 0 Å². The quantitative estimate of drug-likeness (QED) is 0.687. The number of carbonyl (C=O) groups excluding carboxylic acids is 1. The number of nitrogens with one attached hydrogen (secondary N) is 2. The van der Waals surface area contributed by atoms with E-state index in [0.29, 0.717) is 13.2 Å². The zero-order valence-corrected chi connectivity index (χ0v) is 15.0. The number of anilines is 1. The Bertz CT molecular complexity index is 674. The summed E-state index contributed by atoms with van der Waals surface area (Å²) >= 11 is 0. The van der Waals surface area contributed by atoms with Gasteiger partial charge in [0.1, 0.15) is 11.9 Å². The fraction of sp³-hybridized carbons (Fsp3) is 0.350. The predicted molar refractivity (Wildman–Crippen MR) is 100 cm³/mol. The highest BCUT2D eigenvalue weighted by atomic mass is 16.5. The normalized spacial score (nSPS) is 11.8. The highest BCUT2D eigenvalue weighted by molar-refractivity contribution is 5.93. The van der Waals surface area contributed by atoms with E-state index >= 15 is 0 Å². The van der Waals surface area contributed by atoms with Gasteiger partial charge in [0.15, 0.2) is 0 Å². The Balaban J connectivity index is 1.90. The predicted octanol–water partition coefficient (Wildman–Crippen LogP) is 3.31. The van der Waals surface area contributed by atoms with Crippen molar-refractivity contribution >= 4 is 11.6 Å². The van der Waals surface area contributed by atoms with Gasteiger partial charge >= 0.3 is 0 Å². The van der Waals surface area contributed by atoms with Crippen molar-refractivity contribution in [2.75, 3.05) is 32.1 Å². The number of hydrogen-bond donors (Lipinski definition) is 2. The van der Waals surface area contributed by atoms with Crippen molar-refractivity contribution in [2.24, 2.45) is 0 Å². The average Bonchev–Trinajstić information content (AvgIpc) is 2.62. The van der Waals surface area contributed by atoms with E-state index in [4.69, 9.17) is 9.47 Å². The van der Waals surface area contributed by atoms with Gasteiger partial charge in [-0.1, -0.05) is 30.3 Å². The lowest BCUT2D eigenvalue weighted by atomic mass is 10.1. The van der Waals surface area contributed by atoms with Crippen LogP contribution in [0.2, 0.25) is 0 Å². The van der Waals surface area contributed by atoms with Crippen LogP contribution >= 0.6 is 0 Å². The van der Waals surface area contributed by atoms with Gasteiger partial charge in [0.2, 0.25) is 5.91 Å². The van der Waals surface area contributed by atoms with Crippen molar-refractivity contribution in [1.82, 2.24) is 5.32 Å². The summed E-state index contributed by atoms with van der Waals surface area (Å²) in [6.07, 6.45) is -0.0361. The second kappa shape index (κ2) is 9.81. The summed E-state index contributed by atoms with van der Waals surface area (Å²) in [4.78, 5) is 11.9. The van der Waals surface area contributed by atoms with Crippen LogP contribution in [0, 0.1) is 6.92 Å². The Morgan fingerprint density at radius 2 is 1.92 bits per heavy atom. The van der Waals surface area contributed by atoms with Gasteiger partial charge in [-0.3, -0.25) is 4.79 Å². The molecule has 2 rings (SSSR count). The highest BCUT2D eigenvalue weighted by Gasteiger charge is 2.09. The summed E-state index contributed by atoms with van der Waals surface area (Å²) in [6, 6.07) is 15.8. The zero-order valence-electron chi connectivity index (χ0n) is 15.0. The standard InChI is InChI=1S/C20H26N2O3/c1-15-13-18(25-16(2)17-7-5-4-6-8-17)9-10-19(15)22-20(23)14-21-11-12-24-3/h4-10,13,16,21H,11-12,14H2,1-3H3,(H,22,23). The van der Waals surface area contributed by atoms with Gasteiger partial charge in [0, 0.05) is 19.3 Å². The minimum Gasteiger partial charge on any atom is -0.486 e. The van der Waals surface area contributed by atoms with Gasteiger partial charge in [-0.25, -0.2) is 0 Å². The largest absolute Gasteiger partial charge is 0.486 e. The molecule has 0 fully saturated rings. The Kier molecular flexibility index (Phi) is 7.44. The maximum atomic E-state index is 11.9. The molecule has 0 aromatic heterocycles. The summed E-state index contributed by atoms with van der Waals surface area (Å²) in [5.41, 5.74) is 2.88. The molecule has 0 bridgehead atoms. The monoisotopic (exact) mass is 342 g/mol. The third-order valence-electron chi connectivity index (χ3n) is 3.82. The molecular formula is C20H26N2O3. The molecule has 2 aromatic carbocycles. The molecule has 0 aliphatic rings. The first kappa shape index (κ1) is 19.0. The first-order chi connectivity index (χ1) is 12.1. The number of carbonyl (C=O) groups is 1. The first-order valence-electron chi connectivity index (χ1n) is 8.42. The zero-order chi connectivity index (χ0) is 18.1. The molecule has 0 aliphatic carbocycles. The molecule has 1 unspecified atom stereocenters. The second-order valence-corrected chi connectivity index (χ2v) is 5.87. The number of ether oxygens (including phenoxy) is 2. The molecule has 1 atom stereocenters. The Labute approximate surface area is 149 Å². The van der Waals surface area contributed by atoms with Crippen LogP contribution in [0.4, 0.5) is 5.69 Å². The molecule has 25 heavy (non-hydrogen) atoms. The molecule has 134 valence electrons. The number of methoxy groups -OCH3 is 1. The molecule has 2 N–H and O–H groups in total. The molecule has 0 spiro atoms. The summed E-state index contributed by atoms with van der Waals surface area (Å²) in [7, 11) is 1.63. The van der Waals surface area contributed by atoms with Crippen molar-refractivity contribution in [1.29, 1.82) is 0 Å². The van der Waals surface area contributed by atoms with Crippen molar-refractivity contribution in [3.8, 4) is 5.75 Å². The van der Waals surface area contributed by atoms with Crippen LogP contribution in [0.1, 0.15) is 24.2 Å². The van der Waals surface area contributed by atoms with Crippen LogP contribution in [0.5, 0.6) is 5.75 Å². The number of aryl methyl sites for hydroxylation is 1. The van der Waals surface area contributed by atoms with Crippen LogP contribution < -0.4 is 15.4 Å². The molecule has 0 radical (unpaired) electrons. The topological polar surface area (TPSA) is 59.6 Å². The molecule has 0 aliphatic heterocycles. The minimum atomic E-state index is -0.0782. The average molecular weight is 342 g/mol. The lowest BCUT2D eigenvalue weighted by molar-refractivity contribution is -0.115. The molecule has 0 heterocycles. The van der Waals surface area contributed by atoms with Gasteiger partial charge in [0.25, 0.3) is 0 Å². The minimum absolute atomic E-state index is 0.0361. The van der Waals surface area contributed by atoms with E-state index in [1.807, 2.05) is 62.4 Å². The maximum absolute atomic E-state index is 11.9. The van der Waals surface area contributed by atoms with Crippen LogP contribution in [0.3, 0.4) is 0 Å². The number of rotatable bonds is 9. The number of hydrogen-bond acceptors (Lipinski definition) is 4. The lowest BCUT2D eigenvalue weighted by Gasteiger charge is -2.17. The van der Waals surface area contributed by atoms with Gasteiger partial charge in [-0.2, -0.15) is 0 Å². The summed E-state index contributed by atoms with van der Waals surface area (Å²) in [5.74, 6) is 0.704. The number of benzene rings is 2. The molecule has 5 nitrogen and oxygen atoms in total. The van der Waals surface area contributed by atoms with Gasteiger partial charge in [-0.05, 0) is 43.2 Å². The maximum Gasteiger partial charge on any atom is 0.238 e. The Morgan fingerprint density at radius 3 is 2.60 bits per heavy atom. The smallest absolute Gasteiger partial charge is 0.238 e. The number of amides is 1. The molecule has 0 saturated heterocycles. The Hall–Kier alpha value is -2.37. The van der Waals surface area contributed by atoms with E-state index in [0.717, 1.165) is 22.6 Å². The van der Waals surface area contributed by atoms with Crippen molar-refractivity contribution < 1.29 is 14.3 Å². The van der Waals surface area contributed by atoms with E-state index in [9.17, 15) is 4.79 Å². The van der Waals surface area contributed by atoms with Crippen molar-refractivity contribution in [3.63, 3.8) is 0 Å². The molecule has 2 aromatic rings. The fourth-order valence-electron chi connectivity index (χ4n) is 2.42. The second-order valence-electron chi connectivity index (χ2n) is 5.87. The third-order valence-corrected chi connectivity index (χ3v) is 3.82. The van der Waals surface area contributed by atoms with Crippen LogP contribution in [-0.2, 0) is 9.53 Å². The highest BCUT2D eigenvalue weighted by Crippen LogP contribution is 2.26. The molecule has 1 amide bonds. The third kappa shape index (κ3) is 6.21. The van der Waals surface area contributed by atoms with Crippen LogP contribution in [0.25, 0.3) is 0 Å². The molecular weight excluding hydrogens is 316 g/mol. The van der Waals surface area contributed by atoms with Gasteiger partial charge in [-0.15, -0.1) is 0 Å². The SMILES string of the molecule is COCCNCC(=O)Nc1ccc(OC(C)c2ccccc2)cc1C. The van der Waals surface area contributed by atoms with E-state index in [1.54, 1.807) is 7.11 Å². The van der Waals surface area contributed by atoms with Crippen molar-refractivity contribution in [3.05, 3.63) is 59.7 Å². The molecule has 5 heteroatoms. The first-order valence-corrected chi connectivity index (χ1v) is 8.42. The van der Waals surface area contributed by atoms with Gasteiger partial charge < -0.3 is 20.1 Å². The van der Waals surface area contributed by atoms with Crippen LogP contribution in [-0.4, -0.2) is 32.7 Å². The van der Waals surface area contributed by atoms with Crippen molar-refractivity contribution in [2.45, 2.75) is 20.0 Å². The van der Waals surface area contributed by atoms with E-state index in [2.05, 4.69) is 10.6 Å². The fourth-order valence-corrected chi connectivity index (χ4v) is 2.42.